The van der Waals surface area contributed by atoms with E-state index in [0.717, 1.165) is 42.9 Å². The molecule has 2 atom stereocenters. The van der Waals surface area contributed by atoms with E-state index in [9.17, 15) is 14.9 Å². The van der Waals surface area contributed by atoms with Gasteiger partial charge < -0.3 is 15.0 Å². The number of fused-ring (bicyclic) bond motifs is 1. The summed E-state index contributed by atoms with van der Waals surface area (Å²) in [4.78, 5) is 28.8. The molecule has 1 saturated carbocycles. The second-order valence-corrected chi connectivity index (χ2v) is 10.3. The molecule has 1 aliphatic carbocycles. The Kier molecular flexibility index (Phi) is 7.92. The summed E-state index contributed by atoms with van der Waals surface area (Å²) in [7, 11) is 0. The van der Waals surface area contributed by atoms with Crippen molar-refractivity contribution in [3.8, 4) is 6.07 Å². The molecule has 0 spiro atoms. The van der Waals surface area contributed by atoms with Gasteiger partial charge in [0.2, 0.25) is 0 Å². The first-order chi connectivity index (χ1) is 16.9. The van der Waals surface area contributed by atoms with Crippen molar-refractivity contribution in [1.82, 2.24) is 10.2 Å². The van der Waals surface area contributed by atoms with Crippen molar-refractivity contribution in [3.63, 3.8) is 0 Å². The van der Waals surface area contributed by atoms with Gasteiger partial charge in [-0.15, -0.1) is 0 Å². The second-order valence-electron chi connectivity index (χ2n) is 10.3. The van der Waals surface area contributed by atoms with Gasteiger partial charge in [0.1, 0.15) is 5.54 Å². The van der Waals surface area contributed by atoms with Gasteiger partial charge in [0.05, 0.1) is 6.07 Å². The molecule has 7 heteroatoms. The minimum Gasteiger partial charge on any atom is -0.436 e. The number of rotatable bonds is 7. The van der Waals surface area contributed by atoms with Crippen LogP contribution in [0.5, 0.6) is 0 Å². The van der Waals surface area contributed by atoms with Crippen LogP contribution >= 0.6 is 0 Å². The Morgan fingerprint density at radius 1 is 1.17 bits per heavy atom. The van der Waals surface area contributed by atoms with Crippen LogP contribution in [0.25, 0.3) is 10.8 Å². The number of nitrogens with zero attached hydrogens (tertiary/aromatic N) is 2. The molecular weight excluding hydrogens is 440 g/mol. The SMILES string of the molecule is CC(C)CC(OC(=O)Nc1ccc2ccccc2c1)C(=O)N(C1CCCCC1)C1(C#N)CCNC1. The van der Waals surface area contributed by atoms with E-state index in [0.29, 0.717) is 31.6 Å². The highest BCUT2D eigenvalue weighted by Crippen LogP contribution is 2.33. The van der Waals surface area contributed by atoms with Crippen LogP contribution in [-0.2, 0) is 9.53 Å². The van der Waals surface area contributed by atoms with E-state index in [2.05, 4.69) is 16.7 Å². The fourth-order valence-electron chi connectivity index (χ4n) is 5.44. The quantitative estimate of drug-likeness (QED) is 0.571. The monoisotopic (exact) mass is 476 g/mol. The van der Waals surface area contributed by atoms with E-state index in [-0.39, 0.29) is 17.9 Å². The number of anilines is 1. The third kappa shape index (κ3) is 5.76. The van der Waals surface area contributed by atoms with Crippen LogP contribution < -0.4 is 10.6 Å². The minimum absolute atomic E-state index is 0.00221. The Bertz CT molecular complexity index is 1080. The van der Waals surface area contributed by atoms with Gasteiger partial charge in [-0.2, -0.15) is 5.26 Å². The van der Waals surface area contributed by atoms with Gasteiger partial charge in [-0.1, -0.05) is 63.4 Å². The average Bonchev–Trinajstić information content (AvgIpc) is 3.34. The van der Waals surface area contributed by atoms with Crippen LogP contribution in [0.1, 0.15) is 58.8 Å². The van der Waals surface area contributed by atoms with E-state index >= 15 is 0 Å². The maximum atomic E-state index is 14.0. The number of nitriles is 1. The molecule has 2 unspecified atom stereocenters. The van der Waals surface area contributed by atoms with E-state index in [1.54, 1.807) is 4.90 Å². The standard InChI is InChI=1S/C28H36N4O3/c1-20(2)16-25(35-27(34)31-23-13-12-21-8-6-7-9-22(21)17-23)26(33)32(24-10-4-3-5-11-24)28(18-29)14-15-30-19-28/h6-9,12-13,17,20,24-25,30H,3-5,10-11,14-16,19H2,1-2H3,(H,31,34). The Balaban J connectivity index is 1.55. The third-order valence-corrected chi connectivity index (χ3v) is 7.19. The lowest BCUT2D eigenvalue weighted by Crippen LogP contribution is -2.60. The second kappa shape index (κ2) is 11.1. The fraction of sp³-hybridized carbons (Fsp3) is 0.536. The van der Waals surface area contributed by atoms with Crippen molar-refractivity contribution in [2.24, 2.45) is 5.92 Å². The summed E-state index contributed by atoms with van der Waals surface area (Å²) >= 11 is 0. The molecular formula is C28H36N4O3. The van der Waals surface area contributed by atoms with Gasteiger partial charge in [-0.05, 0) is 61.1 Å². The van der Waals surface area contributed by atoms with Crippen LogP contribution in [0, 0.1) is 17.2 Å². The molecule has 2 aromatic carbocycles. The van der Waals surface area contributed by atoms with Crippen LogP contribution in [-0.4, -0.2) is 47.7 Å². The first-order valence-electron chi connectivity index (χ1n) is 12.8. The lowest BCUT2D eigenvalue weighted by molar-refractivity contribution is -0.149. The molecule has 1 aliphatic heterocycles. The smallest absolute Gasteiger partial charge is 0.412 e. The number of hydrogen-bond acceptors (Lipinski definition) is 5. The highest BCUT2D eigenvalue weighted by atomic mass is 16.6. The lowest BCUT2D eigenvalue weighted by Gasteiger charge is -2.44. The third-order valence-electron chi connectivity index (χ3n) is 7.19. The molecule has 2 aliphatic rings. The number of carbonyl (C=O) groups excluding carboxylic acids is 2. The summed E-state index contributed by atoms with van der Waals surface area (Å²) in [5, 5.41) is 18.3. The van der Waals surface area contributed by atoms with Crippen molar-refractivity contribution in [2.45, 2.75) is 76.5 Å². The largest absolute Gasteiger partial charge is 0.436 e. The summed E-state index contributed by atoms with van der Waals surface area (Å²) in [5.41, 5.74) is -0.283. The molecule has 186 valence electrons. The zero-order valence-corrected chi connectivity index (χ0v) is 20.8. The van der Waals surface area contributed by atoms with Gasteiger partial charge >= 0.3 is 6.09 Å². The molecule has 0 bridgehead atoms. The topological polar surface area (TPSA) is 94.5 Å². The van der Waals surface area contributed by atoms with Gasteiger partial charge in [0.25, 0.3) is 5.91 Å². The fourth-order valence-corrected chi connectivity index (χ4v) is 5.44. The van der Waals surface area contributed by atoms with Gasteiger partial charge in [-0.25, -0.2) is 4.79 Å². The Labute approximate surface area is 207 Å². The number of benzene rings is 2. The predicted octanol–water partition coefficient (Wildman–Crippen LogP) is 5.22. The van der Waals surface area contributed by atoms with Gasteiger partial charge in [0.15, 0.2) is 6.10 Å². The summed E-state index contributed by atoms with van der Waals surface area (Å²) in [6.45, 7) is 5.16. The van der Waals surface area contributed by atoms with Crippen LogP contribution in [0.2, 0.25) is 0 Å². The van der Waals surface area contributed by atoms with Crippen molar-refractivity contribution < 1.29 is 14.3 Å². The van der Waals surface area contributed by atoms with E-state index in [1.807, 2.05) is 56.3 Å². The normalized spacial score (nSPS) is 21.4. The number of amides is 2. The van der Waals surface area contributed by atoms with Crippen LogP contribution in [0.3, 0.4) is 0 Å². The molecule has 0 aromatic heterocycles. The maximum absolute atomic E-state index is 14.0. The number of carbonyl (C=O) groups is 2. The Hall–Kier alpha value is -3.11. The Morgan fingerprint density at radius 3 is 2.57 bits per heavy atom. The summed E-state index contributed by atoms with van der Waals surface area (Å²) in [6, 6.07) is 16.0. The van der Waals surface area contributed by atoms with Gasteiger partial charge in [0, 0.05) is 18.3 Å². The predicted molar refractivity (Wildman–Crippen MR) is 137 cm³/mol. The highest BCUT2D eigenvalue weighted by molar-refractivity contribution is 5.93. The van der Waals surface area contributed by atoms with E-state index < -0.39 is 17.7 Å². The van der Waals surface area contributed by atoms with Crippen molar-refractivity contribution in [3.05, 3.63) is 42.5 Å². The van der Waals surface area contributed by atoms with E-state index in [1.165, 1.54) is 0 Å². The first kappa shape index (κ1) is 25.0. The molecule has 4 rings (SSSR count). The average molecular weight is 477 g/mol. The zero-order chi connectivity index (χ0) is 24.8. The lowest BCUT2D eigenvalue weighted by atomic mass is 9.87. The molecule has 1 saturated heterocycles. The van der Waals surface area contributed by atoms with Crippen LogP contribution in [0.15, 0.2) is 42.5 Å². The maximum Gasteiger partial charge on any atom is 0.412 e. The molecule has 2 fully saturated rings. The minimum atomic E-state index is -0.941. The number of ether oxygens (including phenoxy) is 1. The molecule has 35 heavy (non-hydrogen) atoms. The summed E-state index contributed by atoms with van der Waals surface area (Å²) in [6.07, 6.45) is 4.40. The van der Waals surface area contributed by atoms with Crippen LogP contribution in [0.4, 0.5) is 10.5 Å². The Morgan fingerprint density at radius 2 is 1.91 bits per heavy atom. The first-order valence-corrected chi connectivity index (χ1v) is 12.8. The van der Waals surface area contributed by atoms with Crippen molar-refractivity contribution in [1.29, 1.82) is 5.26 Å². The molecule has 7 nitrogen and oxygen atoms in total. The molecule has 2 N–H and O–H groups in total. The van der Waals surface area contributed by atoms with Crippen molar-refractivity contribution in [2.75, 3.05) is 18.4 Å². The highest BCUT2D eigenvalue weighted by Gasteiger charge is 2.48. The summed E-state index contributed by atoms with van der Waals surface area (Å²) < 4.78 is 5.79. The summed E-state index contributed by atoms with van der Waals surface area (Å²) in [5.74, 6) is -0.102. The van der Waals surface area contributed by atoms with Gasteiger partial charge in [-0.3, -0.25) is 10.1 Å². The molecule has 2 amide bonds. The number of hydrogen-bond donors (Lipinski definition) is 2. The molecule has 0 radical (unpaired) electrons. The number of nitrogens with one attached hydrogen (secondary N) is 2. The zero-order valence-electron chi connectivity index (χ0n) is 20.8. The molecule has 1 heterocycles. The van der Waals surface area contributed by atoms with E-state index in [4.69, 9.17) is 4.74 Å². The molecule has 2 aromatic rings. The van der Waals surface area contributed by atoms with Crippen molar-refractivity contribution >= 4 is 28.5 Å².